The molecule has 0 N–H and O–H groups in total. The van der Waals surface area contributed by atoms with Crippen molar-refractivity contribution in [1.82, 2.24) is 4.98 Å². The Hall–Kier alpha value is -1.72. The first kappa shape index (κ1) is 13.3. The molecular formula is C15H13NO2S2. The highest BCUT2D eigenvalue weighted by atomic mass is 32.1. The molecule has 0 saturated heterocycles. The third kappa shape index (κ3) is 2.73. The van der Waals surface area contributed by atoms with Gasteiger partial charge in [-0.3, -0.25) is 0 Å². The second kappa shape index (κ2) is 5.73. The number of carbonyl (C=O) groups excluding carboxylic acids is 1. The molecule has 5 heteroatoms. The molecule has 1 aromatic carbocycles. The van der Waals surface area contributed by atoms with Crippen molar-refractivity contribution in [3.8, 4) is 0 Å². The third-order valence-corrected chi connectivity index (χ3v) is 5.02. The lowest BCUT2D eigenvalue weighted by Gasteiger charge is -1.99. The van der Waals surface area contributed by atoms with Crippen molar-refractivity contribution < 1.29 is 9.53 Å². The summed E-state index contributed by atoms with van der Waals surface area (Å²) in [6.07, 6.45) is 0.912. The maximum atomic E-state index is 12.0. The van der Waals surface area contributed by atoms with Crippen LogP contribution in [0.4, 0.5) is 0 Å². The number of aromatic nitrogens is 1. The minimum Gasteiger partial charge on any atom is -0.455 e. The maximum Gasteiger partial charge on any atom is 0.348 e. The van der Waals surface area contributed by atoms with Crippen molar-refractivity contribution in [2.75, 3.05) is 0 Å². The van der Waals surface area contributed by atoms with E-state index < -0.39 is 0 Å². The van der Waals surface area contributed by atoms with Gasteiger partial charge in [0.25, 0.3) is 0 Å². The normalized spacial score (nSPS) is 10.8. The number of thiazole rings is 1. The molecule has 0 aliphatic heterocycles. The van der Waals surface area contributed by atoms with Gasteiger partial charge in [0.1, 0.15) is 11.5 Å². The van der Waals surface area contributed by atoms with Crippen LogP contribution in [0.25, 0.3) is 10.1 Å². The van der Waals surface area contributed by atoms with Gasteiger partial charge in [-0.2, -0.15) is 0 Å². The van der Waals surface area contributed by atoms with Crippen LogP contribution >= 0.6 is 22.7 Å². The molecule has 0 saturated carbocycles. The second-order valence-electron chi connectivity index (χ2n) is 4.31. The zero-order valence-electron chi connectivity index (χ0n) is 11.0. The van der Waals surface area contributed by atoms with Crippen molar-refractivity contribution in [3.05, 3.63) is 51.3 Å². The van der Waals surface area contributed by atoms with Crippen LogP contribution in [0.15, 0.2) is 35.7 Å². The summed E-state index contributed by atoms with van der Waals surface area (Å²) in [5.74, 6) is -0.280. The molecule has 0 bridgehead atoms. The van der Waals surface area contributed by atoms with E-state index in [4.69, 9.17) is 4.74 Å². The van der Waals surface area contributed by atoms with Gasteiger partial charge in [0.05, 0.1) is 10.7 Å². The zero-order chi connectivity index (χ0) is 13.9. The van der Waals surface area contributed by atoms with E-state index in [0.29, 0.717) is 4.88 Å². The van der Waals surface area contributed by atoms with Crippen molar-refractivity contribution in [3.63, 3.8) is 0 Å². The Bertz CT molecular complexity index is 712. The molecule has 20 heavy (non-hydrogen) atoms. The van der Waals surface area contributed by atoms with Gasteiger partial charge < -0.3 is 4.74 Å². The van der Waals surface area contributed by atoms with E-state index in [0.717, 1.165) is 27.2 Å². The first-order chi connectivity index (χ1) is 9.76. The number of ether oxygens (including phenoxy) is 1. The van der Waals surface area contributed by atoms with Gasteiger partial charge >= 0.3 is 5.97 Å². The monoisotopic (exact) mass is 303 g/mol. The number of nitrogens with zero attached hydrogens (tertiary/aromatic N) is 1. The van der Waals surface area contributed by atoms with E-state index in [1.807, 2.05) is 35.7 Å². The fourth-order valence-corrected chi connectivity index (χ4v) is 3.56. The van der Waals surface area contributed by atoms with E-state index in [9.17, 15) is 4.79 Å². The second-order valence-corrected chi connectivity index (χ2v) is 6.34. The molecule has 0 aliphatic carbocycles. The number of carbonyl (C=O) groups is 1. The average Bonchev–Trinajstić information content (AvgIpc) is 3.10. The Morgan fingerprint density at radius 3 is 2.95 bits per heavy atom. The van der Waals surface area contributed by atoms with Gasteiger partial charge in [0, 0.05) is 10.1 Å². The van der Waals surface area contributed by atoms with Crippen LogP contribution in [-0.2, 0) is 17.8 Å². The zero-order valence-corrected chi connectivity index (χ0v) is 12.6. The number of aryl methyl sites for hydroxylation is 1. The van der Waals surface area contributed by atoms with E-state index in [1.54, 1.807) is 11.3 Å². The third-order valence-electron chi connectivity index (χ3n) is 2.88. The summed E-state index contributed by atoms with van der Waals surface area (Å²) in [6, 6.07) is 9.81. The number of fused-ring (bicyclic) bond motifs is 1. The lowest BCUT2D eigenvalue weighted by atomic mass is 10.2. The molecule has 2 aromatic heterocycles. The predicted octanol–water partition coefficient (Wildman–Crippen LogP) is 4.28. The highest BCUT2D eigenvalue weighted by Gasteiger charge is 2.12. The van der Waals surface area contributed by atoms with Gasteiger partial charge in [-0.25, -0.2) is 9.78 Å². The van der Waals surface area contributed by atoms with Crippen molar-refractivity contribution in [1.29, 1.82) is 0 Å². The Balaban J connectivity index is 1.69. The SMILES string of the molecule is CCc1nc(COC(=O)c2cc3ccccc3s2)cs1. The molecule has 0 unspecified atom stereocenters. The van der Waals surface area contributed by atoms with Gasteiger partial charge in [-0.05, 0) is 23.9 Å². The van der Waals surface area contributed by atoms with E-state index in [-0.39, 0.29) is 12.6 Å². The summed E-state index contributed by atoms with van der Waals surface area (Å²) in [4.78, 5) is 17.0. The summed E-state index contributed by atoms with van der Waals surface area (Å²) < 4.78 is 6.42. The Morgan fingerprint density at radius 1 is 1.35 bits per heavy atom. The van der Waals surface area contributed by atoms with Crippen molar-refractivity contribution >= 4 is 38.7 Å². The van der Waals surface area contributed by atoms with E-state index in [2.05, 4.69) is 11.9 Å². The average molecular weight is 303 g/mol. The van der Waals surface area contributed by atoms with Gasteiger partial charge in [-0.15, -0.1) is 22.7 Å². The lowest BCUT2D eigenvalue weighted by molar-refractivity contribution is 0.0474. The molecule has 0 amide bonds. The first-order valence-corrected chi connectivity index (χ1v) is 8.05. The maximum absolute atomic E-state index is 12.0. The van der Waals surface area contributed by atoms with Crippen LogP contribution < -0.4 is 0 Å². The van der Waals surface area contributed by atoms with E-state index >= 15 is 0 Å². The summed E-state index contributed by atoms with van der Waals surface area (Å²) in [7, 11) is 0. The van der Waals surface area contributed by atoms with Crippen LogP contribution in [0.1, 0.15) is 27.3 Å². The highest BCUT2D eigenvalue weighted by molar-refractivity contribution is 7.20. The summed E-state index contributed by atoms with van der Waals surface area (Å²) >= 11 is 3.06. The number of thiophene rings is 1. The molecule has 0 spiro atoms. The fraction of sp³-hybridized carbons (Fsp3) is 0.200. The molecule has 3 aromatic rings. The van der Waals surface area contributed by atoms with Crippen LogP contribution in [0.2, 0.25) is 0 Å². The van der Waals surface area contributed by atoms with Gasteiger partial charge in [-0.1, -0.05) is 25.1 Å². The van der Waals surface area contributed by atoms with Gasteiger partial charge in [0.15, 0.2) is 0 Å². The molecule has 3 nitrogen and oxygen atoms in total. The standard InChI is InChI=1S/C15H13NO2S2/c1-2-14-16-11(9-19-14)8-18-15(17)13-7-10-5-3-4-6-12(10)20-13/h3-7,9H,2,8H2,1H3. The van der Waals surface area contributed by atoms with Crippen LogP contribution in [-0.4, -0.2) is 11.0 Å². The van der Waals surface area contributed by atoms with Crippen molar-refractivity contribution in [2.24, 2.45) is 0 Å². The molecule has 0 aliphatic rings. The Morgan fingerprint density at radius 2 is 2.20 bits per heavy atom. The summed E-state index contributed by atoms with van der Waals surface area (Å²) in [5, 5.41) is 4.08. The van der Waals surface area contributed by atoms with Crippen LogP contribution in [0.5, 0.6) is 0 Å². The minimum absolute atomic E-state index is 0.240. The first-order valence-electron chi connectivity index (χ1n) is 6.35. The molecule has 3 rings (SSSR count). The highest BCUT2D eigenvalue weighted by Crippen LogP contribution is 2.26. The number of hydrogen-bond donors (Lipinski definition) is 0. The number of esters is 1. The molecule has 0 radical (unpaired) electrons. The predicted molar refractivity (Wildman–Crippen MR) is 82.4 cm³/mol. The number of hydrogen-bond acceptors (Lipinski definition) is 5. The summed E-state index contributed by atoms with van der Waals surface area (Å²) in [6.45, 7) is 2.30. The lowest BCUT2D eigenvalue weighted by Crippen LogP contribution is -2.03. The smallest absolute Gasteiger partial charge is 0.348 e. The molecule has 102 valence electrons. The Kier molecular flexibility index (Phi) is 3.80. The molecule has 2 heterocycles. The molecular weight excluding hydrogens is 290 g/mol. The van der Waals surface area contributed by atoms with E-state index in [1.165, 1.54) is 11.3 Å². The van der Waals surface area contributed by atoms with Crippen LogP contribution in [0.3, 0.4) is 0 Å². The van der Waals surface area contributed by atoms with Crippen molar-refractivity contribution in [2.45, 2.75) is 20.0 Å². The molecule has 0 fully saturated rings. The van der Waals surface area contributed by atoms with Gasteiger partial charge in [0.2, 0.25) is 0 Å². The number of benzene rings is 1. The largest absolute Gasteiger partial charge is 0.455 e. The fourth-order valence-electron chi connectivity index (χ4n) is 1.87. The topological polar surface area (TPSA) is 39.2 Å². The number of rotatable bonds is 4. The summed E-state index contributed by atoms with van der Waals surface area (Å²) in [5.41, 5.74) is 0.821. The Labute approximate surface area is 124 Å². The molecule has 0 atom stereocenters. The van der Waals surface area contributed by atoms with Crippen LogP contribution in [0, 0.1) is 0 Å². The minimum atomic E-state index is -0.280. The quantitative estimate of drug-likeness (QED) is 0.675.